The van der Waals surface area contributed by atoms with Crippen molar-refractivity contribution in [3.05, 3.63) is 30.3 Å². The van der Waals surface area contributed by atoms with Crippen LogP contribution in [-0.4, -0.2) is 35.2 Å². The van der Waals surface area contributed by atoms with Gasteiger partial charge in [-0.15, -0.1) is 0 Å². The number of hydrogen-bond acceptors (Lipinski definition) is 0. The maximum atomic E-state index is 2.36. The second kappa shape index (κ2) is 12.5. The number of rotatable bonds is 3. The van der Waals surface area contributed by atoms with Crippen LogP contribution in [0.5, 0.6) is 0 Å². The van der Waals surface area contributed by atoms with E-state index in [1.165, 1.54) is 12.6 Å². The van der Waals surface area contributed by atoms with Gasteiger partial charge in [0.25, 0.3) is 0 Å². The third-order valence-corrected chi connectivity index (χ3v) is 5.76. The molecule has 1 rings (SSSR count). The van der Waals surface area contributed by atoms with Crippen LogP contribution in [0.2, 0.25) is 0 Å². The van der Waals surface area contributed by atoms with Crippen molar-refractivity contribution >= 4 is 37.1 Å². The Kier molecular flexibility index (Phi) is 18.7. The zero-order chi connectivity index (χ0) is 10.6. The molecule has 1 atom stereocenters. The minimum Gasteiger partial charge on any atom is -0.0776 e. The first-order valence-corrected chi connectivity index (χ1v) is 6.91. The van der Waals surface area contributed by atoms with E-state index in [0.29, 0.717) is 5.16 Å². The molecule has 0 N–H and O–H groups in total. The predicted molar refractivity (Wildman–Crippen MR) is 93.9 cm³/mol. The van der Waals surface area contributed by atoms with Gasteiger partial charge in [0, 0.05) is 23.9 Å². The first kappa shape index (κ1) is 26.9. The maximum absolute atomic E-state index is 2.36. The summed E-state index contributed by atoms with van der Waals surface area (Å²) in [6.07, 6.45) is 2.64. The normalized spacial score (nSPS) is 10.9. The second-order valence-electron chi connectivity index (χ2n) is 4.66. The van der Waals surface area contributed by atoms with Crippen molar-refractivity contribution < 1.29 is 0 Å². The number of hydrogen-bond donors (Lipinski definition) is 0. The fourth-order valence-electron chi connectivity index (χ4n) is 1.68. The molecule has 0 saturated carbocycles. The summed E-state index contributed by atoms with van der Waals surface area (Å²) in [6, 6.07) is 11.0. The Hall–Kier alpha value is 0.449. The Labute approximate surface area is 135 Å². The van der Waals surface area contributed by atoms with Gasteiger partial charge in [0.15, 0.2) is 0 Å². The summed E-state index contributed by atoms with van der Waals surface area (Å²) < 4.78 is 0. The summed E-state index contributed by atoms with van der Waals surface area (Å²) in [5.74, 6) is 0. The first-order chi connectivity index (χ1) is 6.55. The molecule has 2 heteroatoms. The third kappa shape index (κ3) is 8.53. The molecule has 4 radical (unpaired) electrons. The number of benzene rings is 1. The zero-order valence-corrected chi connectivity index (χ0v) is 14.0. The Balaban J connectivity index is -0.000000245. The van der Waals surface area contributed by atoms with Gasteiger partial charge >= 0.3 is 0 Å². The van der Waals surface area contributed by atoms with E-state index in [2.05, 4.69) is 58.0 Å². The molecule has 0 aromatic heterocycles. The van der Waals surface area contributed by atoms with E-state index in [1.807, 2.05) is 0 Å². The molecule has 0 fully saturated rings. The van der Waals surface area contributed by atoms with Crippen LogP contribution < -0.4 is 5.30 Å². The topological polar surface area (TPSA) is 0 Å². The summed E-state index contributed by atoms with van der Waals surface area (Å²) in [7, 11) is 0.00309. The summed E-state index contributed by atoms with van der Waals surface area (Å²) >= 11 is 0. The molecule has 0 aliphatic heterocycles. The molecule has 0 aliphatic rings. The Morgan fingerprint density at radius 2 is 1.39 bits per heavy atom. The largest absolute Gasteiger partial charge is 0.0776 e. The first-order valence-electron chi connectivity index (χ1n) is 5.38. The smallest absolute Gasteiger partial charge is 0 e. The fraction of sp³-hybridized carbons (Fsp3) is 0.625. The Morgan fingerprint density at radius 1 is 0.944 bits per heavy atom. The van der Waals surface area contributed by atoms with Crippen LogP contribution in [-0.2, 0) is 0 Å². The van der Waals surface area contributed by atoms with Gasteiger partial charge in [-0.25, -0.2) is 0 Å². The fourth-order valence-corrected chi connectivity index (χ4v) is 4.37. The second-order valence-corrected chi connectivity index (χ2v) is 7.82. The van der Waals surface area contributed by atoms with Gasteiger partial charge in [-0.1, -0.05) is 94.6 Å². The Bertz CT molecular complexity index is 264. The molecule has 0 saturated heterocycles. The van der Waals surface area contributed by atoms with E-state index >= 15 is 0 Å². The average Bonchev–Trinajstić information content (AvgIpc) is 2.14. The molecular formula is C16H33PSn. The molecule has 0 spiro atoms. The van der Waals surface area contributed by atoms with E-state index in [4.69, 9.17) is 0 Å². The van der Waals surface area contributed by atoms with Crippen LogP contribution in [0, 0.1) is 0 Å². The van der Waals surface area contributed by atoms with Gasteiger partial charge in [-0.3, -0.25) is 0 Å². The third-order valence-electron chi connectivity index (χ3n) is 2.32. The van der Waals surface area contributed by atoms with E-state index in [1.54, 1.807) is 5.30 Å². The molecule has 1 unspecified atom stereocenters. The molecule has 18 heavy (non-hydrogen) atoms. The minimum absolute atomic E-state index is 0. The van der Waals surface area contributed by atoms with Crippen molar-refractivity contribution in [3.8, 4) is 0 Å². The predicted octanol–water partition coefficient (Wildman–Crippen LogP) is 5.53. The van der Waals surface area contributed by atoms with E-state index in [9.17, 15) is 0 Å². The minimum atomic E-state index is 0. The van der Waals surface area contributed by atoms with Gasteiger partial charge in [0.1, 0.15) is 0 Å². The Morgan fingerprint density at radius 3 is 1.72 bits per heavy atom. The molecule has 106 valence electrons. The molecule has 0 nitrogen and oxygen atoms in total. The molecular weight excluding hydrogens is 342 g/mol. The van der Waals surface area contributed by atoms with Gasteiger partial charge in [-0.2, -0.15) is 0 Å². The zero-order valence-electron chi connectivity index (χ0n) is 10.2. The van der Waals surface area contributed by atoms with Crippen LogP contribution in [0.3, 0.4) is 0 Å². The molecule has 0 heterocycles. The summed E-state index contributed by atoms with van der Waals surface area (Å²) in [5, 5.41) is 1.99. The molecule has 0 amide bonds. The van der Waals surface area contributed by atoms with E-state index in [-0.39, 0.29) is 54.1 Å². The van der Waals surface area contributed by atoms with Gasteiger partial charge in [0.2, 0.25) is 0 Å². The average molecular weight is 375 g/mol. The van der Waals surface area contributed by atoms with Crippen molar-refractivity contribution in [2.75, 3.05) is 6.16 Å². The SMILES string of the molecule is C.C.C.CCCP(c1ccccc1)C(C)(C)C.[Sn]. The van der Waals surface area contributed by atoms with E-state index < -0.39 is 0 Å². The van der Waals surface area contributed by atoms with Crippen molar-refractivity contribution in [2.45, 2.75) is 61.6 Å². The molecule has 0 aliphatic carbocycles. The quantitative estimate of drug-likeness (QED) is 0.482. The summed E-state index contributed by atoms with van der Waals surface area (Å²) in [4.78, 5) is 0. The summed E-state index contributed by atoms with van der Waals surface area (Å²) in [5.41, 5.74) is 0. The van der Waals surface area contributed by atoms with Crippen molar-refractivity contribution in [3.63, 3.8) is 0 Å². The van der Waals surface area contributed by atoms with Crippen LogP contribution >= 0.6 is 7.92 Å². The van der Waals surface area contributed by atoms with Gasteiger partial charge < -0.3 is 0 Å². The van der Waals surface area contributed by atoms with Crippen LogP contribution in [0.1, 0.15) is 56.4 Å². The van der Waals surface area contributed by atoms with Crippen LogP contribution in [0.4, 0.5) is 0 Å². The van der Waals surface area contributed by atoms with Crippen molar-refractivity contribution in [2.24, 2.45) is 0 Å². The summed E-state index contributed by atoms with van der Waals surface area (Å²) in [6.45, 7) is 9.37. The van der Waals surface area contributed by atoms with Crippen molar-refractivity contribution in [1.29, 1.82) is 0 Å². The molecule has 0 bridgehead atoms. The van der Waals surface area contributed by atoms with Gasteiger partial charge in [0.05, 0.1) is 0 Å². The molecule has 1 aromatic rings. The van der Waals surface area contributed by atoms with E-state index in [0.717, 1.165) is 0 Å². The monoisotopic (exact) mass is 376 g/mol. The maximum Gasteiger partial charge on any atom is 0 e. The van der Waals surface area contributed by atoms with Crippen molar-refractivity contribution in [1.82, 2.24) is 0 Å². The van der Waals surface area contributed by atoms with Gasteiger partial charge in [-0.05, 0) is 16.6 Å². The van der Waals surface area contributed by atoms with Crippen LogP contribution in [0.25, 0.3) is 0 Å². The van der Waals surface area contributed by atoms with Crippen LogP contribution in [0.15, 0.2) is 30.3 Å². The molecule has 1 aromatic carbocycles. The standard InChI is InChI=1S/C13H21P.3CH4.Sn/c1-5-11-14(13(2,3)4)12-9-7-6-8-10-12;;;;/h6-10H,5,11H2,1-4H3;3*1H4;.